The van der Waals surface area contributed by atoms with E-state index in [0.717, 1.165) is 11.6 Å². The third-order valence-corrected chi connectivity index (χ3v) is 6.06. The van der Waals surface area contributed by atoms with E-state index in [1.54, 1.807) is 6.20 Å². The zero-order valence-corrected chi connectivity index (χ0v) is 18.1. The van der Waals surface area contributed by atoms with Gasteiger partial charge in [-0.1, -0.05) is 99.3 Å². The standard InChI is InChI=1S/C29H29N/c1-5-6-11-23-20(2)27(28-22(19-30)10-9-14-25(23)28)26-13-8-7-12-24(26)21-15-17-29(3,4)18-16-21/h5-17,19H,1,18,30H2,2-4H3/b11-6-,22-19+. The summed E-state index contributed by atoms with van der Waals surface area (Å²) >= 11 is 0. The summed E-state index contributed by atoms with van der Waals surface area (Å²) in [5, 5.41) is 2.28. The zero-order valence-electron chi connectivity index (χ0n) is 18.1. The molecule has 0 heterocycles. The van der Waals surface area contributed by atoms with E-state index in [2.05, 4.69) is 94.1 Å². The molecule has 0 aromatic heterocycles. The first-order chi connectivity index (χ1) is 14.5. The quantitative estimate of drug-likeness (QED) is 0.686. The molecule has 2 aromatic carbocycles. The molecule has 0 saturated heterocycles. The lowest BCUT2D eigenvalue weighted by molar-refractivity contribution is 0.485. The van der Waals surface area contributed by atoms with Gasteiger partial charge in [-0.05, 0) is 68.2 Å². The van der Waals surface area contributed by atoms with Crippen molar-refractivity contribution in [3.05, 3.63) is 118 Å². The SMILES string of the molecule is C=C/C=C\C1=C(C)C(c2ccccc2C2=CCC(C)(C)C=C2)=c2c1ccc/c2=C\N. The topological polar surface area (TPSA) is 26.0 Å². The van der Waals surface area contributed by atoms with Crippen LogP contribution in [0.15, 0.2) is 91.1 Å². The van der Waals surface area contributed by atoms with Crippen molar-refractivity contribution in [3.8, 4) is 0 Å². The molecule has 0 aliphatic heterocycles. The fraction of sp³-hybridized carbons (Fsp3) is 0.172. The summed E-state index contributed by atoms with van der Waals surface area (Å²) in [5.74, 6) is 0. The minimum Gasteiger partial charge on any atom is -0.404 e. The maximum absolute atomic E-state index is 6.05. The van der Waals surface area contributed by atoms with Crippen molar-refractivity contribution in [2.45, 2.75) is 27.2 Å². The number of allylic oxidation sites excluding steroid dienone is 9. The van der Waals surface area contributed by atoms with Crippen molar-refractivity contribution in [2.75, 3.05) is 0 Å². The average molecular weight is 392 g/mol. The highest BCUT2D eigenvalue weighted by Crippen LogP contribution is 2.38. The van der Waals surface area contributed by atoms with Gasteiger partial charge in [-0.2, -0.15) is 0 Å². The van der Waals surface area contributed by atoms with Crippen LogP contribution < -0.4 is 16.2 Å². The lowest BCUT2D eigenvalue weighted by Crippen LogP contribution is -2.29. The third-order valence-electron chi connectivity index (χ3n) is 6.06. The van der Waals surface area contributed by atoms with Gasteiger partial charge in [0, 0.05) is 6.20 Å². The third kappa shape index (κ3) is 3.41. The highest BCUT2D eigenvalue weighted by atomic mass is 14.5. The highest BCUT2D eigenvalue weighted by Gasteiger charge is 2.24. The number of rotatable bonds is 4. The summed E-state index contributed by atoms with van der Waals surface area (Å²) in [6.07, 6.45) is 15.7. The molecule has 2 N–H and O–H groups in total. The first kappa shape index (κ1) is 20.0. The first-order valence-corrected chi connectivity index (χ1v) is 10.5. The van der Waals surface area contributed by atoms with Crippen LogP contribution in [0.1, 0.15) is 43.9 Å². The fourth-order valence-electron chi connectivity index (χ4n) is 4.43. The molecule has 1 heteroatoms. The summed E-state index contributed by atoms with van der Waals surface area (Å²) in [6.45, 7) is 10.6. The summed E-state index contributed by atoms with van der Waals surface area (Å²) < 4.78 is 0. The van der Waals surface area contributed by atoms with Gasteiger partial charge in [0.05, 0.1) is 0 Å². The van der Waals surface area contributed by atoms with Gasteiger partial charge in [-0.3, -0.25) is 0 Å². The van der Waals surface area contributed by atoms with Crippen molar-refractivity contribution in [1.29, 1.82) is 0 Å². The van der Waals surface area contributed by atoms with E-state index < -0.39 is 0 Å². The second-order valence-electron chi connectivity index (χ2n) is 8.68. The molecule has 0 fully saturated rings. The molecule has 2 aromatic rings. The first-order valence-electron chi connectivity index (χ1n) is 10.5. The van der Waals surface area contributed by atoms with Crippen molar-refractivity contribution in [2.24, 2.45) is 11.1 Å². The molecule has 0 amide bonds. The van der Waals surface area contributed by atoms with E-state index >= 15 is 0 Å². The van der Waals surface area contributed by atoms with Gasteiger partial charge >= 0.3 is 0 Å². The Hall–Kier alpha value is -3.32. The van der Waals surface area contributed by atoms with Crippen LogP contribution >= 0.6 is 0 Å². The number of hydrogen-bond acceptors (Lipinski definition) is 1. The smallest absolute Gasteiger partial charge is 0.00180 e. The molecule has 2 aliphatic carbocycles. The van der Waals surface area contributed by atoms with Gasteiger partial charge in [0.1, 0.15) is 0 Å². The zero-order chi connectivity index (χ0) is 21.3. The molecule has 0 bridgehead atoms. The highest BCUT2D eigenvalue weighted by molar-refractivity contribution is 6.00. The van der Waals surface area contributed by atoms with Crippen LogP contribution in [0.2, 0.25) is 0 Å². The average Bonchev–Trinajstić information content (AvgIpc) is 3.03. The molecular weight excluding hydrogens is 362 g/mol. The van der Waals surface area contributed by atoms with Crippen LogP contribution in [0.5, 0.6) is 0 Å². The van der Waals surface area contributed by atoms with Crippen molar-refractivity contribution in [3.63, 3.8) is 0 Å². The Labute approximate surface area is 179 Å². The maximum atomic E-state index is 6.05. The van der Waals surface area contributed by atoms with Crippen LogP contribution in [0.3, 0.4) is 0 Å². The lowest BCUT2D eigenvalue weighted by Gasteiger charge is -2.24. The molecule has 2 aliphatic rings. The van der Waals surface area contributed by atoms with Crippen molar-refractivity contribution < 1.29 is 0 Å². The van der Waals surface area contributed by atoms with Crippen LogP contribution in [0, 0.1) is 5.41 Å². The number of nitrogens with two attached hydrogens (primary N) is 1. The van der Waals surface area contributed by atoms with Crippen molar-refractivity contribution >= 4 is 22.9 Å². The van der Waals surface area contributed by atoms with Gasteiger partial charge in [-0.25, -0.2) is 0 Å². The Morgan fingerprint density at radius 3 is 2.40 bits per heavy atom. The monoisotopic (exact) mass is 391 g/mol. The molecule has 0 spiro atoms. The molecule has 30 heavy (non-hydrogen) atoms. The van der Waals surface area contributed by atoms with Gasteiger partial charge < -0.3 is 5.73 Å². The number of hydrogen-bond donors (Lipinski definition) is 1. The van der Waals surface area contributed by atoms with E-state index in [-0.39, 0.29) is 5.41 Å². The minimum absolute atomic E-state index is 0.214. The summed E-state index contributed by atoms with van der Waals surface area (Å²) in [4.78, 5) is 0. The summed E-state index contributed by atoms with van der Waals surface area (Å²) in [6, 6.07) is 15.1. The molecule has 150 valence electrons. The molecular formula is C29H29N. The van der Waals surface area contributed by atoms with E-state index in [0.29, 0.717) is 0 Å². The molecule has 1 nitrogen and oxygen atoms in total. The number of fused-ring (bicyclic) bond motifs is 1. The minimum atomic E-state index is 0.214. The molecule has 0 atom stereocenters. The molecule has 0 unspecified atom stereocenters. The van der Waals surface area contributed by atoms with E-state index in [9.17, 15) is 0 Å². The molecule has 4 rings (SSSR count). The molecule has 0 radical (unpaired) electrons. The fourth-order valence-corrected chi connectivity index (χ4v) is 4.43. The van der Waals surface area contributed by atoms with Crippen LogP contribution in [-0.2, 0) is 0 Å². The van der Waals surface area contributed by atoms with Crippen LogP contribution in [-0.4, -0.2) is 0 Å². The van der Waals surface area contributed by atoms with E-state index in [4.69, 9.17) is 5.73 Å². The number of benzene rings is 2. The summed E-state index contributed by atoms with van der Waals surface area (Å²) in [5.41, 5.74) is 15.1. The maximum Gasteiger partial charge on any atom is 0.00180 e. The lowest BCUT2D eigenvalue weighted by atomic mass is 9.81. The molecule has 0 saturated carbocycles. The normalized spacial score (nSPS) is 18.2. The Kier molecular flexibility index (Phi) is 5.22. The van der Waals surface area contributed by atoms with Crippen LogP contribution in [0.25, 0.3) is 22.9 Å². The van der Waals surface area contributed by atoms with Gasteiger partial charge in [0.2, 0.25) is 0 Å². The van der Waals surface area contributed by atoms with Gasteiger partial charge in [0.25, 0.3) is 0 Å². The predicted molar refractivity (Wildman–Crippen MR) is 131 cm³/mol. The van der Waals surface area contributed by atoms with Crippen molar-refractivity contribution in [1.82, 2.24) is 0 Å². The Morgan fingerprint density at radius 1 is 1.00 bits per heavy atom. The Morgan fingerprint density at radius 2 is 1.73 bits per heavy atom. The second-order valence-corrected chi connectivity index (χ2v) is 8.68. The summed E-state index contributed by atoms with van der Waals surface area (Å²) in [7, 11) is 0. The Balaban J connectivity index is 2.02. The largest absolute Gasteiger partial charge is 0.404 e. The Bertz CT molecular complexity index is 1260. The van der Waals surface area contributed by atoms with Crippen LogP contribution in [0.4, 0.5) is 0 Å². The van der Waals surface area contributed by atoms with Gasteiger partial charge in [-0.15, -0.1) is 0 Å². The second kappa shape index (κ2) is 7.84. The van der Waals surface area contributed by atoms with Gasteiger partial charge in [0.15, 0.2) is 0 Å². The van der Waals surface area contributed by atoms with E-state index in [1.807, 2.05) is 12.2 Å². The van der Waals surface area contributed by atoms with E-state index in [1.165, 1.54) is 44.2 Å². The predicted octanol–water partition coefficient (Wildman–Crippen LogP) is 5.48.